The number of benzene rings is 2. The molecule has 0 aliphatic carbocycles. The summed E-state index contributed by atoms with van der Waals surface area (Å²) >= 11 is 0. The molecule has 0 N–H and O–H groups in total. The van der Waals surface area contributed by atoms with E-state index in [1.165, 1.54) is 11.1 Å². The Morgan fingerprint density at radius 2 is 1.55 bits per heavy atom. The van der Waals surface area contributed by atoms with Gasteiger partial charge >= 0.3 is 6.09 Å². The van der Waals surface area contributed by atoms with Crippen LogP contribution in [0.5, 0.6) is 0 Å². The molecule has 38 heavy (non-hydrogen) atoms. The molecule has 2 aliphatic heterocycles. The Kier molecular flexibility index (Phi) is 7.94. The highest BCUT2D eigenvalue weighted by Gasteiger charge is 2.57. The number of hydrogen-bond acceptors (Lipinski definition) is 4. The molecular formula is C32H45N3O3. The molecule has 1 spiro atoms. The summed E-state index contributed by atoms with van der Waals surface area (Å²) in [7, 11) is 2.08. The zero-order valence-corrected chi connectivity index (χ0v) is 24.3. The Balaban J connectivity index is 1.56. The van der Waals surface area contributed by atoms with Gasteiger partial charge in [-0.1, -0.05) is 75.4 Å². The lowest BCUT2D eigenvalue weighted by molar-refractivity contribution is -0.135. The molecule has 2 heterocycles. The fourth-order valence-electron chi connectivity index (χ4n) is 5.81. The van der Waals surface area contributed by atoms with Crippen LogP contribution in [0.1, 0.15) is 83.7 Å². The van der Waals surface area contributed by atoms with Gasteiger partial charge in [0.2, 0.25) is 5.91 Å². The second-order valence-corrected chi connectivity index (χ2v) is 12.9. The summed E-state index contributed by atoms with van der Waals surface area (Å²) in [5, 5.41) is 0. The number of aryl methyl sites for hydroxylation is 1. The van der Waals surface area contributed by atoms with Crippen molar-refractivity contribution in [1.82, 2.24) is 14.7 Å². The SMILES string of the molecule is CN1C(c2ccc(C(C)(C)C)cc2)N(CCCc2ccccc2)C(=O)C12CCN(C(=O)OC(C)(C)C)CC2. The van der Waals surface area contributed by atoms with Crippen LogP contribution in [-0.2, 0) is 21.4 Å². The summed E-state index contributed by atoms with van der Waals surface area (Å²) in [6, 6.07) is 19.2. The molecule has 206 valence electrons. The number of piperidine rings is 1. The third kappa shape index (κ3) is 5.90. The average Bonchev–Trinajstić information content (AvgIpc) is 3.05. The number of ether oxygens (including phenoxy) is 1. The fourth-order valence-corrected chi connectivity index (χ4v) is 5.81. The maximum absolute atomic E-state index is 14.2. The van der Waals surface area contributed by atoms with E-state index >= 15 is 0 Å². The number of likely N-dealkylation sites (N-methyl/N-ethyl adjacent to an activating group) is 1. The van der Waals surface area contributed by atoms with E-state index in [1.54, 1.807) is 4.90 Å². The molecule has 2 saturated heterocycles. The Bertz CT molecular complexity index is 1110. The molecule has 4 rings (SSSR count). The monoisotopic (exact) mass is 519 g/mol. The van der Waals surface area contributed by atoms with Crippen molar-refractivity contribution >= 4 is 12.0 Å². The molecule has 0 saturated carbocycles. The van der Waals surface area contributed by atoms with Crippen LogP contribution < -0.4 is 0 Å². The van der Waals surface area contributed by atoms with E-state index in [0.29, 0.717) is 32.5 Å². The lowest BCUT2D eigenvalue weighted by Gasteiger charge is -2.42. The molecule has 2 aromatic carbocycles. The molecule has 2 aromatic rings. The third-order valence-electron chi connectivity index (χ3n) is 8.02. The number of amides is 2. The van der Waals surface area contributed by atoms with Gasteiger partial charge in [-0.3, -0.25) is 9.69 Å². The van der Waals surface area contributed by atoms with Gasteiger partial charge in [0.1, 0.15) is 17.3 Å². The summed E-state index contributed by atoms with van der Waals surface area (Å²) < 4.78 is 5.61. The topological polar surface area (TPSA) is 53.1 Å². The minimum atomic E-state index is -0.612. The standard InChI is InChI=1S/C32H45N3O3/c1-30(2,3)26-17-15-25(16-18-26)27-33(7)32(19-22-34(23-20-32)29(37)38-31(4,5)6)28(36)35(27)21-11-14-24-12-9-8-10-13-24/h8-10,12-13,15-18,27H,11,14,19-23H2,1-7H3. The Morgan fingerprint density at radius 1 is 0.947 bits per heavy atom. The molecule has 6 nitrogen and oxygen atoms in total. The summed E-state index contributed by atoms with van der Waals surface area (Å²) in [5.41, 5.74) is 2.63. The Hall–Kier alpha value is -2.86. The van der Waals surface area contributed by atoms with E-state index in [2.05, 4.69) is 86.1 Å². The molecular weight excluding hydrogens is 474 g/mol. The van der Waals surface area contributed by atoms with Crippen LogP contribution in [-0.4, -0.2) is 64.5 Å². The van der Waals surface area contributed by atoms with Crippen LogP contribution in [0.3, 0.4) is 0 Å². The zero-order chi connectivity index (χ0) is 27.7. The number of rotatable bonds is 5. The first kappa shape index (κ1) is 28.2. The van der Waals surface area contributed by atoms with Gasteiger partial charge in [-0.25, -0.2) is 4.79 Å². The second-order valence-electron chi connectivity index (χ2n) is 12.9. The fraction of sp³-hybridized carbons (Fsp3) is 0.562. The van der Waals surface area contributed by atoms with Crippen molar-refractivity contribution < 1.29 is 14.3 Å². The number of likely N-dealkylation sites (tertiary alicyclic amines) is 1. The number of hydrogen-bond donors (Lipinski definition) is 0. The lowest BCUT2D eigenvalue weighted by atomic mass is 9.85. The maximum atomic E-state index is 14.2. The van der Waals surface area contributed by atoms with Crippen molar-refractivity contribution in [3.8, 4) is 0 Å². The quantitative estimate of drug-likeness (QED) is 0.475. The average molecular weight is 520 g/mol. The van der Waals surface area contributed by atoms with Crippen molar-refractivity contribution in [2.24, 2.45) is 0 Å². The summed E-state index contributed by atoms with van der Waals surface area (Å²) in [4.78, 5) is 33.0. The van der Waals surface area contributed by atoms with Crippen molar-refractivity contribution in [2.45, 2.75) is 89.9 Å². The minimum absolute atomic E-state index is 0.0704. The molecule has 2 fully saturated rings. The molecule has 6 heteroatoms. The van der Waals surface area contributed by atoms with Crippen LogP contribution in [0.2, 0.25) is 0 Å². The minimum Gasteiger partial charge on any atom is -0.444 e. The molecule has 2 aliphatic rings. The highest BCUT2D eigenvalue weighted by atomic mass is 16.6. The predicted octanol–water partition coefficient (Wildman–Crippen LogP) is 6.16. The van der Waals surface area contributed by atoms with Crippen LogP contribution in [0.4, 0.5) is 4.79 Å². The van der Waals surface area contributed by atoms with Gasteiger partial charge in [-0.05, 0) is 75.6 Å². The van der Waals surface area contributed by atoms with Gasteiger partial charge in [0.15, 0.2) is 0 Å². The summed E-state index contributed by atoms with van der Waals surface area (Å²) in [6.07, 6.45) is 2.62. The first-order chi connectivity index (χ1) is 17.8. The Labute approximate surface area is 228 Å². The first-order valence-electron chi connectivity index (χ1n) is 14.0. The summed E-state index contributed by atoms with van der Waals surface area (Å²) in [6.45, 7) is 14.0. The third-order valence-corrected chi connectivity index (χ3v) is 8.02. The van der Waals surface area contributed by atoms with Crippen LogP contribution >= 0.6 is 0 Å². The summed E-state index contributed by atoms with van der Waals surface area (Å²) in [5.74, 6) is 0.182. The molecule has 0 aromatic heterocycles. The van der Waals surface area contributed by atoms with Crippen molar-refractivity contribution in [3.63, 3.8) is 0 Å². The van der Waals surface area contributed by atoms with Gasteiger partial charge in [0.05, 0.1) is 0 Å². The van der Waals surface area contributed by atoms with E-state index in [9.17, 15) is 9.59 Å². The normalized spacial score (nSPS) is 20.3. The van der Waals surface area contributed by atoms with Crippen molar-refractivity contribution in [2.75, 3.05) is 26.7 Å². The van der Waals surface area contributed by atoms with Crippen LogP contribution in [0.25, 0.3) is 0 Å². The lowest BCUT2D eigenvalue weighted by Crippen LogP contribution is -2.56. The van der Waals surface area contributed by atoms with Gasteiger partial charge < -0.3 is 14.5 Å². The van der Waals surface area contributed by atoms with E-state index in [1.807, 2.05) is 26.8 Å². The second kappa shape index (κ2) is 10.7. The molecule has 2 amide bonds. The van der Waals surface area contributed by atoms with Crippen LogP contribution in [0, 0.1) is 0 Å². The largest absolute Gasteiger partial charge is 0.444 e. The predicted molar refractivity (Wildman–Crippen MR) is 152 cm³/mol. The van der Waals surface area contributed by atoms with E-state index in [-0.39, 0.29) is 23.6 Å². The highest BCUT2D eigenvalue weighted by Crippen LogP contribution is 2.45. The smallest absolute Gasteiger partial charge is 0.410 e. The first-order valence-corrected chi connectivity index (χ1v) is 14.0. The molecule has 1 unspecified atom stereocenters. The van der Waals surface area contributed by atoms with Crippen molar-refractivity contribution in [1.29, 1.82) is 0 Å². The van der Waals surface area contributed by atoms with Gasteiger partial charge in [0.25, 0.3) is 0 Å². The number of nitrogens with zero attached hydrogens (tertiary/aromatic N) is 3. The Morgan fingerprint density at radius 3 is 2.11 bits per heavy atom. The molecule has 0 radical (unpaired) electrons. The molecule has 0 bridgehead atoms. The molecule has 1 atom stereocenters. The van der Waals surface area contributed by atoms with Crippen molar-refractivity contribution in [3.05, 3.63) is 71.3 Å². The van der Waals surface area contributed by atoms with Gasteiger partial charge in [-0.15, -0.1) is 0 Å². The van der Waals surface area contributed by atoms with Gasteiger partial charge in [0, 0.05) is 19.6 Å². The maximum Gasteiger partial charge on any atom is 0.410 e. The number of carbonyl (C=O) groups is 2. The van der Waals surface area contributed by atoms with E-state index < -0.39 is 11.1 Å². The van der Waals surface area contributed by atoms with E-state index in [0.717, 1.165) is 18.4 Å². The zero-order valence-electron chi connectivity index (χ0n) is 24.3. The van der Waals surface area contributed by atoms with Crippen LogP contribution in [0.15, 0.2) is 54.6 Å². The number of carbonyl (C=O) groups excluding carboxylic acids is 2. The highest BCUT2D eigenvalue weighted by molar-refractivity contribution is 5.89. The van der Waals surface area contributed by atoms with Gasteiger partial charge in [-0.2, -0.15) is 0 Å². The van der Waals surface area contributed by atoms with E-state index in [4.69, 9.17) is 4.74 Å².